The van der Waals surface area contributed by atoms with E-state index in [1.54, 1.807) is 13.8 Å². The van der Waals surface area contributed by atoms with Crippen LogP contribution in [0.4, 0.5) is 0 Å². The molecule has 2 atom stereocenters. The molecule has 4 nitrogen and oxygen atoms in total. The summed E-state index contributed by atoms with van der Waals surface area (Å²) in [5, 5.41) is 8.69. The second kappa shape index (κ2) is 4.95. The van der Waals surface area contributed by atoms with Gasteiger partial charge in [-0.1, -0.05) is 17.7 Å². The third-order valence-corrected chi connectivity index (χ3v) is 4.97. The first kappa shape index (κ1) is 14.0. The van der Waals surface area contributed by atoms with Crippen molar-refractivity contribution in [3.63, 3.8) is 0 Å². The Morgan fingerprint density at radius 1 is 1.32 bits per heavy atom. The quantitative estimate of drug-likeness (QED) is 0.794. The van der Waals surface area contributed by atoms with E-state index in [4.69, 9.17) is 9.44 Å². The van der Waals surface area contributed by atoms with Crippen molar-refractivity contribution in [2.45, 2.75) is 32.1 Å². The van der Waals surface area contributed by atoms with Gasteiger partial charge in [0.05, 0.1) is 23.5 Å². The van der Waals surface area contributed by atoms with E-state index >= 15 is 0 Å². The van der Waals surface area contributed by atoms with Crippen molar-refractivity contribution < 1.29 is 12.6 Å². The third kappa shape index (κ3) is 2.96. The predicted molar refractivity (Wildman–Crippen MR) is 71.0 cm³/mol. The lowest BCUT2D eigenvalue weighted by molar-refractivity contribution is 0.298. The zero-order valence-electron chi connectivity index (χ0n) is 11.3. The maximum Gasteiger partial charge on any atom is 0.297 e. The van der Waals surface area contributed by atoms with Crippen LogP contribution < -0.4 is 0 Å². The summed E-state index contributed by atoms with van der Waals surface area (Å²) in [6, 6.07) is 5.78. The van der Waals surface area contributed by atoms with Crippen LogP contribution in [0.25, 0.3) is 0 Å². The smallest absolute Gasteiger partial charge is 0.266 e. The molecule has 0 unspecified atom stereocenters. The molecule has 0 N–H and O–H groups in total. The van der Waals surface area contributed by atoms with Crippen LogP contribution in [0.2, 0.25) is 0 Å². The Morgan fingerprint density at radius 3 is 2.37 bits per heavy atom. The minimum Gasteiger partial charge on any atom is -0.266 e. The summed E-state index contributed by atoms with van der Waals surface area (Å²) in [6.45, 7) is 5.57. The lowest BCUT2D eigenvalue weighted by Crippen LogP contribution is -2.12. The standard InChI is InChI=1S/C14H17NO3S/c1-9-4-10(2)14(11(3)5-9)19(16,17)18-8-13-6-12(13)7-15/h4-5,12-13H,6,8H2,1-3H3/t12-,13-/m0/s1. The van der Waals surface area contributed by atoms with Gasteiger partial charge >= 0.3 is 0 Å². The van der Waals surface area contributed by atoms with Crippen LogP contribution in [0, 0.1) is 43.9 Å². The molecular weight excluding hydrogens is 262 g/mol. The molecule has 0 heterocycles. The fourth-order valence-corrected chi connectivity index (χ4v) is 3.77. The first-order chi connectivity index (χ1) is 8.85. The monoisotopic (exact) mass is 279 g/mol. The summed E-state index contributed by atoms with van der Waals surface area (Å²) in [6.07, 6.45) is 0.734. The Balaban J connectivity index is 2.19. The summed E-state index contributed by atoms with van der Waals surface area (Å²) in [5.41, 5.74) is 2.43. The van der Waals surface area contributed by atoms with Crippen molar-refractivity contribution in [2.75, 3.05) is 6.61 Å². The van der Waals surface area contributed by atoms with Crippen LogP contribution in [0.3, 0.4) is 0 Å². The number of benzene rings is 1. The van der Waals surface area contributed by atoms with Gasteiger partial charge in [-0.15, -0.1) is 0 Å². The summed E-state index contributed by atoms with van der Waals surface area (Å²) in [5.74, 6) is 0.0150. The van der Waals surface area contributed by atoms with Crippen LogP contribution in [0.1, 0.15) is 23.1 Å². The van der Waals surface area contributed by atoms with Crippen LogP contribution in [0.5, 0.6) is 0 Å². The zero-order chi connectivity index (χ0) is 14.2. The molecule has 0 aliphatic heterocycles. The molecule has 1 aliphatic carbocycles. The molecule has 1 aromatic rings. The molecule has 0 radical (unpaired) electrons. The minimum absolute atomic E-state index is 0.0459. The van der Waals surface area contributed by atoms with E-state index in [1.807, 2.05) is 19.1 Å². The highest BCUT2D eigenvalue weighted by Crippen LogP contribution is 2.38. The number of nitriles is 1. The van der Waals surface area contributed by atoms with Gasteiger partial charge < -0.3 is 0 Å². The van der Waals surface area contributed by atoms with Crippen molar-refractivity contribution >= 4 is 10.1 Å². The Labute approximate surface area is 114 Å². The van der Waals surface area contributed by atoms with Gasteiger partial charge in [-0.2, -0.15) is 13.7 Å². The molecule has 1 aromatic carbocycles. The first-order valence-corrected chi connectivity index (χ1v) is 7.63. The lowest BCUT2D eigenvalue weighted by Gasteiger charge is -2.12. The first-order valence-electron chi connectivity index (χ1n) is 6.22. The van der Waals surface area contributed by atoms with Crippen LogP contribution >= 0.6 is 0 Å². The van der Waals surface area contributed by atoms with Crippen LogP contribution in [-0.4, -0.2) is 15.0 Å². The van der Waals surface area contributed by atoms with Gasteiger partial charge in [0.1, 0.15) is 0 Å². The normalized spacial score (nSPS) is 22.0. The second-order valence-corrected chi connectivity index (χ2v) is 6.75. The maximum atomic E-state index is 12.2. The van der Waals surface area contributed by atoms with Gasteiger partial charge in [0.2, 0.25) is 0 Å². The highest BCUT2D eigenvalue weighted by atomic mass is 32.2. The van der Waals surface area contributed by atoms with E-state index in [2.05, 4.69) is 6.07 Å². The van der Waals surface area contributed by atoms with Gasteiger partial charge in [0, 0.05) is 5.92 Å². The van der Waals surface area contributed by atoms with Crippen LogP contribution in [0.15, 0.2) is 17.0 Å². The fourth-order valence-electron chi connectivity index (χ4n) is 2.39. The molecule has 102 valence electrons. The van der Waals surface area contributed by atoms with Crippen LogP contribution in [-0.2, 0) is 14.3 Å². The molecule has 0 bridgehead atoms. The Kier molecular flexibility index (Phi) is 3.66. The molecule has 19 heavy (non-hydrogen) atoms. The van der Waals surface area contributed by atoms with Gasteiger partial charge in [-0.3, -0.25) is 4.18 Å². The van der Waals surface area contributed by atoms with Crippen molar-refractivity contribution in [1.29, 1.82) is 5.26 Å². The molecule has 2 rings (SSSR count). The zero-order valence-corrected chi connectivity index (χ0v) is 12.1. The largest absolute Gasteiger partial charge is 0.297 e. The van der Waals surface area contributed by atoms with Gasteiger partial charge in [0.25, 0.3) is 10.1 Å². The maximum absolute atomic E-state index is 12.2. The van der Waals surface area contributed by atoms with E-state index in [0.717, 1.165) is 12.0 Å². The summed E-state index contributed by atoms with van der Waals surface area (Å²) < 4.78 is 29.5. The second-order valence-electron chi connectivity index (χ2n) is 5.20. The average Bonchev–Trinajstić information content (AvgIpc) is 3.03. The Morgan fingerprint density at radius 2 is 1.89 bits per heavy atom. The molecule has 0 amide bonds. The number of aryl methyl sites for hydroxylation is 3. The number of nitrogens with zero attached hydrogens (tertiary/aromatic N) is 1. The molecule has 5 heteroatoms. The van der Waals surface area contributed by atoms with Gasteiger partial charge in [-0.05, 0) is 38.3 Å². The highest BCUT2D eigenvalue weighted by molar-refractivity contribution is 7.86. The molecule has 0 aromatic heterocycles. The summed E-state index contributed by atoms with van der Waals surface area (Å²) in [7, 11) is -3.73. The van der Waals surface area contributed by atoms with E-state index < -0.39 is 10.1 Å². The lowest BCUT2D eigenvalue weighted by atomic mass is 10.1. The van der Waals surface area contributed by atoms with Crippen molar-refractivity contribution in [1.82, 2.24) is 0 Å². The molecular formula is C14H17NO3S. The molecule has 0 spiro atoms. The van der Waals surface area contributed by atoms with E-state index in [1.165, 1.54) is 0 Å². The highest BCUT2D eigenvalue weighted by Gasteiger charge is 2.38. The summed E-state index contributed by atoms with van der Waals surface area (Å²) in [4.78, 5) is 0.257. The van der Waals surface area contributed by atoms with E-state index in [0.29, 0.717) is 11.1 Å². The Hall–Kier alpha value is -1.38. The van der Waals surface area contributed by atoms with Crippen molar-refractivity contribution in [3.05, 3.63) is 28.8 Å². The van der Waals surface area contributed by atoms with Gasteiger partial charge in [-0.25, -0.2) is 0 Å². The number of hydrogen-bond donors (Lipinski definition) is 0. The topological polar surface area (TPSA) is 67.2 Å². The molecule has 1 fully saturated rings. The molecule has 1 saturated carbocycles. The Bertz CT molecular complexity index is 620. The minimum atomic E-state index is -3.73. The summed E-state index contributed by atoms with van der Waals surface area (Å²) >= 11 is 0. The third-order valence-electron chi connectivity index (χ3n) is 3.38. The fraction of sp³-hybridized carbons (Fsp3) is 0.500. The average molecular weight is 279 g/mol. The predicted octanol–water partition coefficient (Wildman–Crippen LogP) is 2.48. The molecule has 0 saturated heterocycles. The SMILES string of the molecule is Cc1cc(C)c(S(=O)(=O)OC[C@@H]2C[C@H]2C#N)c(C)c1. The number of hydrogen-bond acceptors (Lipinski definition) is 4. The van der Waals surface area contributed by atoms with Gasteiger partial charge in [0.15, 0.2) is 0 Å². The molecule has 1 aliphatic rings. The van der Waals surface area contributed by atoms with E-state index in [9.17, 15) is 8.42 Å². The number of rotatable bonds is 4. The van der Waals surface area contributed by atoms with Crippen molar-refractivity contribution in [3.8, 4) is 6.07 Å². The van der Waals surface area contributed by atoms with E-state index in [-0.39, 0.29) is 23.3 Å². The van der Waals surface area contributed by atoms with Crippen molar-refractivity contribution in [2.24, 2.45) is 11.8 Å².